The Morgan fingerprint density at radius 2 is 1.86 bits per heavy atom. The maximum Gasteiger partial charge on any atom is 0.261 e. The first kappa shape index (κ1) is 18.0. The molecule has 29 heavy (non-hydrogen) atoms. The standard InChI is InChI=1S/C23H23FN4O/c1-2-19-21(15-8-10-16(24)11-9-15)22-25-14-18-20(28(22)26-19)12-13-27(23(18)29)17-6-4-3-5-7-17/h8-14,17H,2-7H2,1H3. The van der Waals surface area contributed by atoms with Crippen molar-refractivity contribution in [1.82, 2.24) is 19.2 Å². The van der Waals surface area contributed by atoms with Gasteiger partial charge in [0.15, 0.2) is 5.65 Å². The highest BCUT2D eigenvalue weighted by atomic mass is 19.1. The second-order valence-corrected chi connectivity index (χ2v) is 7.79. The van der Waals surface area contributed by atoms with Gasteiger partial charge in [0.05, 0.1) is 16.6 Å². The lowest BCUT2D eigenvalue weighted by molar-refractivity contribution is 0.347. The molecule has 4 aromatic rings. The van der Waals surface area contributed by atoms with E-state index in [1.54, 1.807) is 22.8 Å². The fraction of sp³-hybridized carbons (Fsp3) is 0.348. The number of benzene rings is 1. The van der Waals surface area contributed by atoms with Crippen LogP contribution in [0.4, 0.5) is 4.39 Å². The van der Waals surface area contributed by atoms with Crippen LogP contribution in [0.25, 0.3) is 27.7 Å². The summed E-state index contributed by atoms with van der Waals surface area (Å²) in [5.41, 5.74) is 4.10. The lowest BCUT2D eigenvalue weighted by Gasteiger charge is -2.24. The molecule has 1 aliphatic carbocycles. The number of nitrogens with zero attached hydrogens (tertiary/aromatic N) is 4. The van der Waals surface area contributed by atoms with E-state index in [-0.39, 0.29) is 17.4 Å². The van der Waals surface area contributed by atoms with Gasteiger partial charge in [-0.15, -0.1) is 0 Å². The Morgan fingerprint density at radius 1 is 1.10 bits per heavy atom. The molecule has 0 bridgehead atoms. The fourth-order valence-electron chi connectivity index (χ4n) is 4.54. The molecule has 148 valence electrons. The molecule has 3 aromatic heterocycles. The molecule has 1 saturated carbocycles. The van der Waals surface area contributed by atoms with Crippen LogP contribution in [0.3, 0.4) is 0 Å². The molecule has 0 saturated heterocycles. The van der Waals surface area contributed by atoms with Gasteiger partial charge in [0.25, 0.3) is 5.56 Å². The molecular weight excluding hydrogens is 367 g/mol. The lowest BCUT2D eigenvalue weighted by atomic mass is 9.95. The summed E-state index contributed by atoms with van der Waals surface area (Å²) in [7, 11) is 0. The highest BCUT2D eigenvalue weighted by Gasteiger charge is 2.20. The quantitative estimate of drug-likeness (QED) is 0.499. The van der Waals surface area contributed by atoms with Crippen LogP contribution in [0.5, 0.6) is 0 Å². The van der Waals surface area contributed by atoms with E-state index in [9.17, 15) is 9.18 Å². The first-order valence-corrected chi connectivity index (χ1v) is 10.3. The zero-order chi connectivity index (χ0) is 20.0. The predicted molar refractivity (Wildman–Crippen MR) is 112 cm³/mol. The van der Waals surface area contributed by atoms with Crippen LogP contribution >= 0.6 is 0 Å². The zero-order valence-corrected chi connectivity index (χ0v) is 16.4. The largest absolute Gasteiger partial charge is 0.312 e. The highest BCUT2D eigenvalue weighted by Crippen LogP contribution is 2.31. The molecule has 5 nitrogen and oxygen atoms in total. The third kappa shape index (κ3) is 2.94. The van der Waals surface area contributed by atoms with Crippen LogP contribution in [0, 0.1) is 5.82 Å². The van der Waals surface area contributed by atoms with Crippen molar-refractivity contribution in [2.45, 2.75) is 51.5 Å². The number of pyridine rings is 1. The molecule has 0 atom stereocenters. The van der Waals surface area contributed by atoms with Crippen LogP contribution in [-0.4, -0.2) is 19.2 Å². The van der Waals surface area contributed by atoms with Gasteiger partial charge in [-0.25, -0.2) is 13.9 Å². The first-order chi connectivity index (χ1) is 14.2. The summed E-state index contributed by atoms with van der Waals surface area (Å²) in [5.74, 6) is -0.273. The van der Waals surface area contributed by atoms with E-state index in [4.69, 9.17) is 5.10 Å². The lowest BCUT2D eigenvalue weighted by Crippen LogP contribution is -2.26. The van der Waals surface area contributed by atoms with E-state index in [1.165, 1.54) is 31.4 Å². The second-order valence-electron chi connectivity index (χ2n) is 7.79. The minimum absolute atomic E-state index is 0.000630. The summed E-state index contributed by atoms with van der Waals surface area (Å²) in [5, 5.41) is 5.34. The zero-order valence-electron chi connectivity index (χ0n) is 16.4. The van der Waals surface area contributed by atoms with Gasteiger partial charge in [-0.2, -0.15) is 5.10 Å². The Hall–Kier alpha value is -3.02. The van der Waals surface area contributed by atoms with Crippen LogP contribution in [-0.2, 0) is 6.42 Å². The SMILES string of the molecule is CCc1nn2c(ncc3c(=O)n(C4CCCCC4)ccc32)c1-c1ccc(F)cc1. The average Bonchev–Trinajstić information content (AvgIpc) is 3.14. The third-order valence-corrected chi connectivity index (χ3v) is 6.05. The van der Waals surface area contributed by atoms with E-state index < -0.39 is 0 Å². The Morgan fingerprint density at radius 3 is 2.59 bits per heavy atom. The Kier molecular flexibility index (Phi) is 4.42. The molecule has 0 radical (unpaired) electrons. The molecule has 1 aromatic carbocycles. The number of hydrogen-bond acceptors (Lipinski definition) is 3. The molecule has 3 heterocycles. The summed E-state index contributed by atoms with van der Waals surface area (Å²) in [4.78, 5) is 17.8. The minimum Gasteiger partial charge on any atom is -0.312 e. The number of hydrogen-bond donors (Lipinski definition) is 0. The first-order valence-electron chi connectivity index (χ1n) is 10.3. The average molecular weight is 390 g/mol. The molecule has 6 heteroatoms. The monoisotopic (exact) mass is 390 g/mol. The van der Waals surface area contributed by atoms with E-state index in [1.807, 2.05) is 23.8 Å². The van der Waals surface area contributed by atoms with Gasteiger partial charge in [0, 0.05) is 24.0 Å². The Bertz CT molecular complexity index is 1250. The normalized spacial score (nSPS) is 15.4. The van der Waals surface area contributed by atoms with Crippen LogP contribution in [0.1, 0.15) is 50.8 Å². The van der Waals surface area contributed by atoms with Crippen molar-refractivity contribution in [2.75, 3.05) is 0 Å². The third-order valence-electron chi connectivity index (χ3n) is 6.05. The molecule has 1 fully saturated rings. The molecule has 5 rings (SSSR count). The van der Waals surface area contributed by atoms with Crippen LogP contribution in [0.2, 0.25) is 0 Å². The maximum atomic E-state index is 13.4. The fourth-order valence-corrected chi connectivity index (χ4v) is 4.54. The molecule has 0 spiro atoms. The minimum atomic E-state index is -0.273. The maximum absolute atomic E-state index is 13.4. The van der Waals surface area contributed by atoms with Gasteiger partial charge in [-0.05, 0) is 43.0 Å². The smallest absolute Gasteiger partial charge is 0.261 e. The Labute approximate surface area is 167 Å². The van der Waals surface area contributed by atoms with Crippen molar-refractivity contribution in [1.29, 1.82) is 0 Å². The summed E-state index contributed by atoms with van der Waals surface area (Å²) < 4.78 is 17.0. The van der Waals surface area contributed by atoms with E-state index in [2.05, 4.69) is 4.98 Å². The molecule has 0 N–H and O–H groups in total. The van der Waals surface area contributed by atoms with Crippen molar-refractivity contribution in [3.05, 3.63) is 64.6 Å². The summed E-state index contributed by atoms with van der Waals surface area (Å²) in [6.45, 7) is 2.03. The number of fused-ring (bicyclic) bond motifs is 3. The van der Waals surface area contributed by atoms with E-state index in [0.717, 1.165) is 41.6 Å². The summed E-state index contributed by atoms with van der Waals surface area (Å²) in [6.07, 6.45) is 10.00. The molecular formula is C23H23FN4O. The molecule has 0 aliphatic heterocycles. The van der Waals surface area contributed by atoms with Crippen molar-refractivity contribution >= 4 is 16.6 Å². The Balaban J connectivity index is 1.72. The van der Waals surface area contributed by atoms with Crippen LogP contribution in [0.15, 0.2) is 47.5 Å². The van der Waals surface area contributed by atoms with Gasteiger partial charge in [0.1, 0.15) is 5.82 Å². The number of rotatable bonds is 3. The summed E-state index contributed by atoms with van der Waals surface area (Å²) in [6, 6.07) is 8.64. The van der Waals surface area contributed by atoms with Crippen molar-refractivity contribution in [2.24, 2.45) is 0 Å². The predicted octanol–water partition coefficient (Wildman–Crippen LogP) is 4.92. The summed E-state index contributed by atoms with van der Waals surface area (Å²) >= 11 is 0. The number of halogens is 1. The number of aryl methyl sites for hydroxylation is 1. The second kappa shape index (κ2) is 7.10. The van der Waals surface area contributed by atoms with Gasteiger partial charge in [-0.1, -0.05) is 38.3 Å². The van der Waals surface area contributed by atoms with Gasteiger partial charge >= 0.3 is 0 Å². The van der Waals surface area contributed by atoms with Gasteiger partial charge in [0.2, 0.25) is 0 Å². The molecule has 0 amide bonds. The molecule has 0 unspecified atom stereocenters. The van der Waals surface area contributed by atoms with Crippen molar-refractivity contribution in [3.8, 4) is 11.1 Å². The number of aromatic nitrogens is 4. The van der Waals surface area contributed by atoms with Crippen LogP contribution < -0.4 is 5.56 Å². The highest BCUT2D eigenvalue weighted by molar-refractivity contribution is 5.86. The van der Waals surface area contributed by atoms with Gasteiger partial charge < -0.3 is 4.57 Å². The molecule has 1 aliphatic rings. The van der Waals surface area contributed by atoms with Crippen molar-refractivity contribution < 1.29 is 4.39 Å². The van der Waals surface area contributed by atoms with Crippen molar-refractivity contribution in [3.63, 3.8) is 0 Å². The van der Waals surface area contributed by atoms with E-state index >= 15 is 0 Å². The van der Waals surface area contributed by atoms with Gasteiger partial charge in [-0.3, -0.25) is 4.79 Å². The topological polar surface area (TPSA) is 52.2 Å². The van der Waals surface area contributed by atoms with E-state index in [0.29, 0.717) is 11.0 Å².